The van der Waals surface area contributed by atoms with Gasteiger partial charge in [0.15, 0.2) is 11.5 Å². The lowest BCUT2D eigenvalue weighted by Gasteiger charge is -2.29. The summed E-state index contributed by atoms with van der Waals surface area (Å²) in [5.74, 6) is 0.0601. The highest BCUT2D eigenvalue weighted by molar-refractivity contribution is 6.35. The predicted molar refractivity (Wildman–Crippen MR) is 125 cm³/mol. The van der Waals surface area contributed by atoms with Gasteiger partial charge in [0.25, 0.3) is 0 Å². The molecule has 2 heterocycles. The quantitative estimate of drug-likeness (QED) is 0.570. The van der Waals surface area contributed by atoms with Crippen molar-refractivity contribution in [2.75, 3.05) is 26.4 Å². The highest BCUT2D eigenvalue weighted by atomic mass is 16.7. The van der Waals surface area contributed by atoms with E-state index in [1.807, 2.05) is 24.3 Å². The molecule has 0 radical (unpaired) electrons. The minimum atomic E-state index is -0.647. The molecule has 2 N–H and O–H groups in total. The molecule has 170 valence electrons. The van der Waals surface area contributed by atoms with Crippen LogP contribution in [0.25, 0.3) is 10.8 Å². The Balaban J connectivity index is 1.24. The molecule has 3 aromatic rings. The maximum atomic E-state index is 12.6. The third-order valence-electron chi connectivity index (χ3n) is 6.32. The summed E-state index contributed by atoms with van der Waals surface area (Å²) in [5.41, 5.74) is 2.02. The van der Waals surface area contributed by atoms with E-state index >= 15 is 0 Å². The van der Waals surface area contributed by atoms with E-state index in [9.17, 15) is 9.59 Å². The van der Waals surface area contributed by atoms with Crippen molar-refractivity contribution in [2.45, 2.75) is 25.4 Å². The molecule has 0 aliphatic carbocycles. The monoisotopic (exact) mass is 445 g/mol. The third kappa shape index (κ3) is 4.64. The molecule has 0 aromatic heterocycles. The highest BCUT2D eigenvalue weighted by Gasteiger charge is 2.26. The lowest BCUT2D eigenvalue weighted by atomic mass is 9.97. The van der Waals surface area contributed by atoms with E-state index in [1.165, 1.54) is 16.3 Å². The summed E-state index contributed by atoms with van der Waals surface area (Å²) in [5, 5.41) is 7.91. The summed E-state index contributed by atoms with van der Waals surface area (Å²) in [6.45, 7) is 2.79. The first-order chi connectivity index (χ1) is 16.2. The molecule has 3 aromatic carbocycles. The van der Waals surface area contributed by atoms with Crippen LogP contribution in [0.15, 0.2) is 60.7 Å². The number of nitrogens with zero attached hydrogens (tertiary/aromatic N) is 1. The van der Waals surface area contributed by atoms with Gasteiger partial charge in [0.05, 0.1) is 6.04 Å². The summed E-state index contributed by atoms with van der Waals surface area (Å²) < 4.78 is 10.7. The fraction of sp³-hybridized carbons (Fsp3) is 0.308. The van der Waals surface area contributed by atoms with Gasteiger partial charge in [0, 0.05) is 13.1 Å². The summed E-state index contributed by atoms with van der Waals surface area (Å²) in [4.78, 5) is 27.4. The molecular weight excluding hydrogens is 418 g/mol. The molecule has 2 amide bonds. The Morgan fingerprint density at radius 3 is 2.52 bits per heavy atom. The highest BCUT2D eigenvalue weighted by Crippen LogP contribution is 2.32. The molecule has 0 saturated carbocycles. The molecule has 2 aliphatic heterocycles. The zero-order valence-electron chi connectivity index (χ0n) is 18.4. The number of rotatable bonds is 6. The second-order valence-corrected chi connectivity index (χ2v) is 8.41. The first-order valence-electron chi connectivity index (χ1n) is 11.4. The van der Waals surface area contributed by atoms with Gasteiger partial charge < -0.3 is 20.1 Å². The molecule has 1 atom stereocenters. The van der Waals surface area contributed by atoms with Crippen LogP contribution in [0.4, 0.5) is 0 Å². The van der Waals surface area contributed by atoms with Crippen LogP contribution in [0.2, 0.25) is 0 Å². The molecule has 0 bridgehead atoms. The third-order valence-corrected chi connectivity index (χ3v) is 6.32. The van der Waals surface area contributed by atoms with Crippen LogP contribution < -0.4 is 20.1 Å². The SMILES string of the molecule is O=C(NCc1ccc2c(c1)OCO2)C(=O)NC[C@@H](c1cccc2ccccc12)N1CCCC1. The van der Waals surface area contributed by atoms with Crippen molar-refractivity contribution in [3.63, 3.8) is 0 Å². The number of carbonyl (C=O) groups excluding carboxylic acids is 2. The fourth-order valence-electron chi connectivity index (χ4n) is 4.61. The van der Waals surface area contributed by atoms with Crippen LogP contribution in [0, 0.1) is 0 Å². The standard InChI is InChI=1S/C26H27N3O4/c30-25(27-15-18-10-11-23-24(14-18)33-17-32-23)26(31)28-16-22(29-12-3-4-13-29)21-9-5-7-19-6-1-2-8-20(19)21/h1-2,5-11,14,22H,3-4,12-13,15-17H2,(H,27,30)(H,28,31)/t22-/m0/s1. The molecule has 0 spiro atoms. The number of nitrogens with one attached hydrogen (secondary N) is 2. The normalized spacial score (nSPS) is 16.0. The van der Waals surface area contributed by atoms with Gasteiger partial charge in [-0.15, -0.1) is 0 Å². The number of benzene rings is 3. The van der Waals surface area contributed by atoms with Crippen molar-refractivity contribution in [3.8, 4) is 11.5 Å². The number of carbonyl (C=O) groups is 2. The summed E-state index contributed by atoms with van der Waals surface area (Å²) >= 11 is 0. The van der Waals surface area contributed by atoms with Crippen LogP contribution in [0.1, 0.15) is 30.0 Å². The average molecular weight is 446 g/mol. The molecule has 5 rings (SSSR count). The van der Waals surface area contributed by atoms with Crippen molar-refractivity contribution < 1.29 is 19.1 Å². The zero-order valence-corrected chi connectivity index (χ0v) is 18.4. The largest absolute Gasteiger partial charge is 0.454 e. The molecule has 33 heavy (non-hydrogen) atoms. The Hall–Kier alpha value is -3.58. The minimum Gasteiger partial charge on any atom is -0.454 e. The summed E-state index contributed by atoms with van der Waals surface area (Å²) in [7, 11) is 0. The van der Waals surface area contributed by atoms with E-state index in [0.717, 1.165) is 31.5 Å². The number of amides is 2. The van der Waals surface area contributed by atoms with Gasteiger partial charge in [-0.3, -0.25) is 14.5 Å². The van der Waals surface area contributed by atoms with Crippen LogP contribution in [0.3, 0.4) is 0 Å². The first-order valence-corrected chi connectivity index (χ1v) is 11.4. The Bertz CT molecular complexity index is 1170. The lowest BCUT2D eigenvalue weighted by molar-refractivity contribution is -0.139. The average Bonchev–Trinajstić information content (AvgIpc) is 3.54. The number of ether oxygens (including phenoxy) is 2. The second-order valence-electron chi connectivity index (χ2n) is 8.41. The topological polar surface area (TPSA) is 79.9 Å². The van der Waals surface area contributed by atoms with Crippen molar-refractivity contribution in [3.05, 3.63) is 71.8 Å². The fourth-order valence-corrected chi connectivity index (χ4v) is 4.61. The van der Waals surface area contributed by atoms with E-state index in [0.29, 0.717) is 18.0 Å². The van der Waals surface area contributed by atoms with Crippen LogP contribution in [-0.2, 0) is 16.1 Å². The number of fused-ring (bicyclic) bond motifs is 2. The molecule has 2 aliphatic rings. The van der Waals surface area contributed by atoms with Gasteiger partial charge in [-0.1, -0.05) is 48.5 Å². The van der Waals surface area contributed by atoms with E-state index in [-0.39, 0.29) is 19.4 Å². The smallest absolute Gasteiger partial charge is 0.309 e. The Morgan fingerprint density at radius 1 is 0.879 bits per heavy atom. The van der Waals surface area contributed by atoms with Crippen molar-refractivity contribution in [1.29, 1.82) is 0 Å². The number of likely N-dealkylation sites (tertiary alicyclic amines) is 1. The van der Waals surface area contributed by atoms with E-state index in [1.54, 1.807) is 6.07 Å². The minimum absolute atomic E-state index is 0.0178. The molecule has 0 unspecified atom stereocenters. The Kier molecular flexibility index (Phi) is 6.13. The molecule has 7 heteroatoms. The maximum absolute atomic E-state index is 12.6. The zero-order chi connectivity index (χ0) is 22.6. The summed E-state index contributed by atoms with van der Waals surface area (Å²) in [6, 6.07) is 20.0. The van der Waals surface area contributed by atoms with Gasteiger partial charge in [-0.05, 0) is 60.0 Å². The van der Waals surface area contributed by atoms with E-state index in [4.69, 9.17) is 9.47 Å². The number of hydrogen-bond donors (Lipinski definition) is 2. The lowest BCUT2D eigenvalue weighted by Crippen LogP contribution is -2.43. The first kappa shape index (κ1) is 21.3. The second kappa shape index (κ2) is 9.50. The van der Waals surface area contributed by atoms with Gasteiger partial charge in [-0.25, -0.2) is 0 Å². The van der Waals surface area contributed by atoms with Gasteiger partial charge in [-0.2, -0.15) is 0 Å². The van der Waals surface area contributed by atoms with Gasteiger partial charge in [0.2, 0.25) is 6.79 Å². The van der Waals surface area contributed by atoms with Crippen LogP contribution in [-0.4, -0.2) is 43.1 Å². The maximum Gasteiger partial charge on any atom is 0.309 e. The molecule has 1 fully saturated rings. The van der Waals surface area contributed by atoms with E-state index < -0.39 is 11.8 Å². The molecular formula is C26H27N3O4. The van der Waals surface area contributed by atoms with Crippen molar-refractivity contribution in [1.82, 2.24) is 15.5 Å². The predicted octanol–water partition coefficient (Wildman–Crippen LogP) is 3.14. The van der Waals surface area contributed by atoms with Gasteiger partial charge in [0.1, 0.15) is 0 Å². The van der Waals surface area contributed by atoms with Crippen molar-refractivity contribution in [2.24, 2.45) is 0 Å². The van der Waals surface area contributed by atoms with E-state index in [2.05, 4.69) is 45.9 Å². The van der Waals surface area contributed by atoms with Crippen LogP contribution >= 0.6 is 0 Å². The number of hydrogen-bond acceptors (Lipinski definition) is 5. The Labute approximate surface area is 192 Å². The van der Waals surface area contributed by atoms with Gasteiger partial charge >= 0.3 is 11.8 Å². The molecule has 7 nitrogen and oxygen atoms in total. The van der Waals surface area contributed by atoms with Crippen LogP contribution in [0.5, 0.6) is 11.5 Å². The van der Waals surface area contributed by atoms with Crippen molar-refractivity contribution >= 4 is 22.6 Å². The summed E-state index contributed by atoms with van der Waals surface area (Å²) in [6.07, 6.45) is 2.29. The Morgan fingerprint density at radius 2 is 1.64 bits per heavy atom. The molecule has 1 saturated heterocycles.